The minimum Gasteiger partial charge on any atom is -0.471 e. The van der Waals surface area contributed by atoms with E-state index in [1.165, 1.54) is 11.3 Å². The summed E-state index contributed by atoms with van der Waals surface area (Å²) in [6.07, 6.45) is 0. The summed E-state index contributed by atoms with van der Waals surface area (Å²) >= 11 is 7.14. The molecule has 1 aliphatic heterocycles. The average Bonchev–Trinajstić information content (AvgIpc) is 2.73. The van der Waals surface area contributed by atoms with Gasteiger partial charge in [-0.25, -0.2) is 0 Å². The van der Waals surface area contributed by atoms with Crippen molar-refractivity contribution in [3.8, 4) is 5.75 Å². The maximum absolute atomic E-state index is 12.2. The van der Waals surface area contributed by atoms with Gasteiger partial charge in [0.05, 0.1) is 0 Å². The molecule has 0 bridgehead atoms. The third kappa shape index (κ3) is 1.68. The number of hydrogen-bond acceptors (Lipinski definition) is 3. The lowest BCUT2D eigenvalue weighted by atomic mass is 10.2. The summed E-state index contributed by atoms with van der Waals surface area (Å²) in [5.41, 5.74) is 0. The van der Waals surface area contributed by atoms with Gasteiger partial charge < -0.3 is 9.64 Å². The molecule has 0 aliphatic carbocycles. The molecule has 2 aromatic rings. The number of thiophene rings is 1. The molecule has 2 heterocycles. The number of carbonyl (C=O) groups is 1. The van der Waals surface area contributed by atoms with Crippen LogP contribution in [0.1, 0.15) is 9.67 Å². The first-order valence-corrected chi connectivity index (χ1v) is 6.66. The van der Waals surface area contributed by atoms with Gasteiger partial charge in [-0.1, -0.05) is 12.1 Å². The summed E-state index contributed by atoms with van der Waals surface area (Å²) in [6.45, 7) is 0.813. The van der Waals surface area contributed by atoms with Crippen LogP contribution in [-0.2, 0) is 0 Å². The molecule has 0 N–H and O–H groups in total. The van der Waals surface area contributed by atoms with Gasteiger partial charge in [-0.2, -0.15) is 0 Å². The molecule has 88 valence electrons. The molecule has 0 radical (unpaired) electrons. The maximum atomic E-state index is 12.2. The molecule has 0 spiro atoms. The van der Waals surface area contributed by atoms with Crippen molar-refractivity contribution in [1.82, 2.24) is 4.90 Å². The Hall–Kier alpha value is -1.26. The third-order valence-electron chi connectivity index (χ3n) is 2.75. The van der Waals surface area contributed by atoms with E-state index in [0.29, 0.717) is 24.0 Å². The first-order chi connectivity index (χ1) is 8.31. The van der Waals surface area contributed by atoms with E-state index in [1.54, 1.807) is 4.90 Å². The lowest BCUT2D eigenvalue weighted by molar-refractivity contribution is 0.0553. The highest BCUT2D eigenvalue weighted by atomic mass is 35.5. The fourth-order valence-electron chi connectivity index (χ4n) is 1.92. The largest absolute Gasteiger partial charge is 0.471 e. The van der Waals surface area contributed by atoms with Crippen LogP contribution < -0.4 is 4.74 Å². The van der Waals surface area contributed by atoms with Crippen LogP contribution >= 0.6 is 22.9 Å². The van der Waals surface area contributed by atoms with Gasteiger partial charge in [-0.15, -0.1) is 22.9 Å². The number of hydrogen-bond donors (Lipinski definition) is 0. The van der Waals surface area contributed by atoms with Crippen LogP contribution in [0.15, 0.2) is 24.3 Å². The van der Waals surface area contributed by atoms with E-state index in [-0.39, 0.29) is 5.91 Å². The normalized spacial score (nSPS) is 14.9. The van der Waals surface area contributed by atoms with Crippen molar-refractivity contribution >= 4 is 38.9 Å². The van der Waals surface area contributed by atoms with Gasteiger partial charge in [0.15, 0.2) is 12.5 Å². The number of ether oxygens (including phenoxy) is 1. The SMILES string of the molecule is O=C1c2sc3ccccc3c2OCN1CCCl. The second-order valence-corrected chi connectivity index (χ2v) is 5.22. The molecule has 3 nitrogen and oxygen atoms in total. The third-order valence-corrected chi connectivity index (χ3v) is 4.06. The predicted octanol–water partition coefficient (Wildman–Crippen LogP) is 2.93. The van der Waals surface area contributed by atoms with E-state index >= 15 is 0 Å². The maximum Gasteiger partial charge on any atom is 0.270 e. The van der Waals surface area contributed by atoms with E-state index in [9.17, 15) is 4.79 Å². The van der Waals surface area contributed by atoms with Crippen LogP contribution in [0.5, 0.6) is 5.75 Å². The van der Waals surface area contributed by atoms with Crippen LogP contribution in [0.3, 0.4) is 0 Å². The Labute approximate surface area is 108 Å². The molecule has 0 atom stereocenters. The molecule has 0 saturated carbocycles. The fourth-order valence-corrected chi connectivity index (χ4v) is 3.24. The number of halogens is 1. The molecular formula is C12H10ClNO2S. The van der Waals surface area contributed by atoms with Crippen LogP contribution in [0.2, 0.25) is 0 Å². The number of benzene rings is 1. The van der Waals surface area contributed by atoms with Crippen LogP contribution in [0.4, 0.5) is 0 Å². The fraction of sp³-hybridized carbons (Fsp3) is 0.250. The summed E-state index contributed by atoms with van der Waals surface area (Å²) < 4.78 is 6.75. The van der Waals surface area contributed by atoms with Gasteiger partial charge in [0.1, 0.15) is 4.88 Å². The summed E-state index contributed by atoms with van der Waals surface area (Å²) in [7, 11) is 0. The van der Waals surface area contributed by atoms with Crippen molar-refractivity contribution in [2.45, 2.75) is 0 Å². The van der Waals surface area contributed by atoms with Gasteiger partial charge >= 0.3 is 0 Å². The first kappa shape index (κ1) is 10.9. The molecular weight excluding hydrogens is 258 g/mol. The highest BCUT2D eigenvalue weighted by molar-refractivity contribution is 7.21. The van der Waals surface area contributed by atoms with E-state index < -0.39 is 0 Å². The van der Waals surface area contributed by atoms with Gasteiger partial charge in [0, 0.05) is 22.5 Å². The lowest BCUT2D eigenvalue weighted by Crippen LogP contribution is -2.39. The monoisotopic (exact) mass is 267 g/mol. The van der Waals surface area contributed by atoms with Gasteiger partial charge in [0.2, 0.25) is 0 Å². The quantitative estimate of drug-likeness (QED) is 0.783. The summed E-state index contributed by atoms with van der Waals surface area (Å²) in [4.78, 5) is 14.5. The highest BCUT2D eigenvalue weighted by Crippen LogP contribution is 2.40. The number of rotatable bonds is 2. The Kier molecular flexibility index (Phi) is 2.68. The molecule has 1 amide bonds. The Morgan fingerprint density at radius 2 is 2.24 bits per heavy atom. The second-order valence-electron chi connectivity index (χ2n) is 3.79. The Morgan fingerprint density at radius 1 is 1.41 bits per heavy atom. The van der Waals surface area contributed by atoms with Crippen LogP contribution in [-0.4, -0.2) is 30.0 Å². The number of carbonyl (C=O) groups excluding carboxylic acids is 1. The van der Waals surface area contributed by atoms with Crippen molar-refractivity contribution in [3.05, 3.63) is 29.1 Å². The number of fused-ring (bicyclic) bond motifs is 3. The predicted molar refractivity (Wildman–Crippen MR) is 69.1 cm³/mol. The van der Waals surface area contributed by atoms with Crippen molar-refractivity contribution < 1.29 is 9.53 Å². The summed E-state index contributed by atoms with van der Waals surface area (Å²) in [5, 5.41) is 1.02. The van der Waals surface area contributed by atoms with Crippen molar-refractivity contribution in [2.24, 2.45) is 0 Å². The van der Waals surface area contributed by atoms with E-state index in [1.807, 2.05) is 24.3 Å². The Bertz CT molecular complexity index is 581. The molecule has 0 unspecified atom stereocenters. The molecule has 1 aromatic heterocycles. The molecule has 1 aliphatic rings. The molecule has 17 heavy (non-hydrogen) atoms. The summed E-state index contributed by atoms with van der Waals surface area (Å²) in [5.74, 6) is 1.17. The zero-order valence-corrected chi connectivity index (χ0v) is 10.6. The van der Waals surface area contributed by atoms with Gasteiger partial charge in [-0.3, -0.25) is 4.79 Å². The molecule has 3 rings (SSSR count). The number of nitrogens with zero attached hydrogens (tertiary/aromatic N) is 1. The van der Waals surface area contributed by atoms with Gasteiger partial charge in [-0.05, 0) is 12.1 Å². The van der Waals surface area contributed by atoms with E-state index in [2.05, 4.69) is 0 Å². The minimum absolute atomic E-state index is 0.0214. The molecule has 1 aromatic carbocycles. The zero-order chi connectivity index (χ0) is 11.8. The number of alkyl halides is 1. The van der Waals surface area contributed by atoms with Crippen LogP contribution in [0.25, 0.3) is 10.1 Å². The van der Waals surface area contributed by atoms with Gasteiger partial charge in [0.25, 0.3) is 5.91 Å². The molecule has 5 heteroatoms. The molecule has 0 saturated heterocycles. The second kappa shape index (κ2) is 4.20. The van der Waals surface area contributed by atoms with Crippen molar-refractivity contribution in [1.29, 1.82) is 0 Å². The first-order valence-electron chi connectivity index (χ1n) is 5.31. The Balaban J connectivity index is 2.09. The lowest BCUT2D eigenvalue weighted by Gasteiger charge is -2.26. The standard InChI is InChI=1S/C12H10ClNO2S/c13-5-6-14-7-16-10-8-3-1-2-4-9(8)17-11(10)12(14)15/h1-4H,5-7H2. The number of amides is 1. The van der Waals surface area contributed by atoms with Crippen molar-refractivity contribution in [3.63, 3.8) is 0 Å². The zero-order valence-electron chi connectivity index (χ0n) is 8.98. The van der Waals surface area contributed by atoms with Crippen LogP contribution in [0, 0.1) is 0 Å². The molecule has 0 fully saturated rings. The van der Waals surface area contributed by atoms with E-state index in [4.69, 9.17) is 16.3 Å². The topological polar surface area (TPSA) is 29.5 Å². The highest BCUT2D eigenvalue weighted by Gasteiger charge is 2.29. The smallest absolute Gasteiger partial charge is 0.270 e. The minimum atomic E-state index is 0.0214. The van der Waals surface area contributed by atoms with Crippen molar-refractivity contribution in [2.75, 3.05) is 19.2 Å². The van der Waals surface area contributed by atoms with E-state index in [0.717, 1.165) is 15.8 Å². The Morgan fingerprint density at radius 3 is 3.06 bits per heavy atom. The average molecular weight is 268 g/mol. The summed E-state index contributed by atoms with van der Waals surface area (Å²) in [6, 6.07) is 7.90.